The third-order valence-corrected chi connectivity index (χ3v) is 5.82. The number of rotatable bonds is 6. The zero-order valence-corrected chi connectivity index (χ0v) is 19.0. The van der Waals surface area contributed by atoms with Gasteiger partial charge in [-0.15, -0.1) is 0 Å². The second-order valence-electron chi connectivity index (χ2n) is 8.42. The monoisotopic (exact) mass is 465 g/mol. The molecule has 0 saturated carbocycles. The summed E-state index contributed by atoms with van der Waals surface area (Å²) in [6.07, 6.45) is -2.86. The molecule has 10 heteroatoms. The quantitative estimate of drug-likeness (QED) is 0.560. The van der Waals surface area contributed by atoms with E-state index in [1.54, 1.807) is 50.5 Å². The predicted molar refractivity (Wildman–Crippen MR) is 126 cm³/mol. The highest BCUT2D eigenvalue weighted by atomic mass is 16.5. The van der Waals surface area contributed by atoms with E-state index in [1.807, 2.05) is 6.07 Å². The normalized spacial score (nSPS) is 18.2. The smallest absolute Gasteiger partial charge is 0.259 e. The summed E-state index contributed by atoms with van der Waals surface area (Å²) in [6.45, 7) is 0.837. The fourth-order valence-electron chi connectivity index (χ4n) is 3.92. The van der Waals surface area contributed by atoms with Gasteiger partial charge in [-0.3, -0.25) is 19.4 Å². The Balaban J connectivity index is 1.44. The summed E-state index contributed by atoms with van der Waals surface area (Å²) in [5.41, 5.74) is 9.29. The highest BCUT2D eigenvalue weighted by Crippen LogP contribution is 2.24. The second-order valence-corrected chi connectivity index (χ2v) is 8.42. The number of nitrogens with two attached hydrogens (primary N) is 1. The van der Waals surface area contributed by atoms with Gasteiger partial charge in [-0.05, 0) is 41.5 Å². The topological polar surface area (TPSA) is 138 Å². The van der Waals surface area contributed by atoms with Crippen LogP contribution in [-0.4, -0.2) is 73.0 Å². The molecule has 0 bridgehead atoms. The number of carbonyl (C=O) groups is 3. The number of anilines is 2. The van der Waals surface area contributed by atoms with Crippen molar-refractivity contribution >= 4 is 34.9 Å². The van der Waals surface area contributed by atoms with Gasteiger partial charge < -0.3 is 30.7 Å². The Morgan fingerprint density at radius 2 is 2.09 bits per heavy atom. The van der Waals surface area contributed by atoms with E-state index in [9.17, 15) is 19.5 Å². The molecule has 2 unspecified atom stereocenters. The number of nitrogens with one attached hydrogen (secondary N) is 1. The van der Waals surface area contributed by atoms with E-state index in [4.69, 9.17) is 10.5 Å². The van der Waals surface area contributed by atoms with E-state index < -0.39 is 24.0 Å². The lowest BCUT2D eigenvalue weighted by Crippen LogP contribution is -2.55. The Labute approximate surface area is 197 Å². The van der Waals surface area contributed by atoms with Gasteiger partial charge in [-0.1, -0.05) is 12.1 Å². The van der Waals surface area contributed by atoms with E-state index in [0.717, 1.165) is 16.7 Å². The summed E-state index contributed by atoms with van der Waals surface area (Å²) in [5, 5.41) is 13.3. The molecular formula is C24H27N5O5. The number of likely N-dealkylation sites (N-methyl/N-ethyl adjacent to an activating group) is 1. The fourth-order valence-corrected chi connectivity index (χ4v) is 3.92. The SMILES string of the molecule is CN(C)C(=O)Cc1cccc(N2CCOC(C(O)C(=O)Nc3ccc4c(c3)CN=C4N)C2=O)c1. The minimum Gasteiger partial charge on any atom is -0.383 e. The molecule has 178 valence electrons. The van der Waals surface area contributed by atoms with Gasteiger partial charge >= 0.3 is 0 Å². The Bertz CT molecular complexity index is 1160. The van der Waals surface area contributed by atoms with E-state index >= 15 is 0 Å². The standard InChI is InChI=1S/C24H27N5O5/c1-28(2)19(30)11-14-4-3-5-17(10-14)29-8-9-34-21(24(29)33)20(31)23(32)27-16-6-7-18-15(12-16)13-26-22(18)25/h3-7,10,12,20-21,31H,8-9,11,13H2,1-2H3,(H2,25,26)(H,27,32). The molecule has 2 aliphatic heterocycles. The van der Waals surface area contributed by atoms with Crippen molar-refractivity contribution in [3.8, 4) is 0 Å². The zero-order valence-electron chi connectivity index (χ0n) is 19.0. The average molecular weight is 466 g/mol. The first-order valence-electron chi connectivity index (χ1n) is 10.9. The van der Waals surface area contributed by atoms with Crippen LogP contribution in [0.2, 0.25) is 0 Å². The van der Waals surface area contributed by atoms with Crippen LogP contribution >= 0.6 is 0 Å². The van der Waals surface area contributed by atoms with Crippen molar-refractivity contribution in [2.24, 2.45) is 10.7 Å². The maximum atomic E-state index is 13.1. The first kappa shape index (κ1) is 23.4. The van der Waals surface area contributed by atoms with Crippen LogP contribution in [0.15, 0.2) is 47.5 Å². The number of ether oxygens (including phenoxy) is 1. The van der Waals surface area contributed by atoms with E-state index in [-0.39, 0.29) is 25.5 Å². The zero-order chi connectivity index (χ0) is 24.4. The third-order valence-electron chi connectivity index (χ3n) is 5.82. The Morgan fingerprint density at radius 3 is 2.85 bits per heavy atom. The van der Waals surface area contributed by atoms with Gasteiger partial charge in [-0.25, -0.2) is 0 Å². The van der Waals surface area contributed by atoms with Crippen molar-refractivity contribution in [2.45, 2.75) is 25.2 Å². The molecular weight excluding hydrogens is 438 g/mol. The molecule has 0 aromatic heterocycles. The van der Waals surface area contributed by atoms with Gasteiger partial charge in [-0.2, -0.15) is 0 Å². The van der Waals surface area contributed by atoms with Crippen molar-refractivity contribution < 1.29 is 24.2 Å². The molecule has 2 atom stereocenters. The summed E-state index contributed by atoms with van der Waals surface area (Å²) >= 11 is 0. The number of amidine groups is 1. The number of morpholine rings is 1. The molecule has 2 aromatic rings. The maximum absolute atomic E-state index is 13.1. The van der Waals surface area contributed by atoms with E-state index in [0.29, 0.717) is 23.8 Å². The van der Waals surface area contributed by atoms with Crippen molar-refractivity contribution in [1.82, 2.24) is 4.90 Å². The van der Waals surface area contributed by atoms with Gasteiger partial charge in [0.2, 0.25) is 5.91 Å². The molecule has 2 aromatic carbocycles. The van der Waals surface area contributed by atoms with Gasteiger partial charge in [0.05, 0.1) is 19.6 Å². The van der Waals surface area contributed by atoms with Crippen LogP contribution in [0.1, 0.15) is 16.7 Å². The molecule has 34 heavy (non-hydrogen) atoms. The van der Waals surface area contributed by atoms with Gasteiger partial charge in [0.1, 0.15) is 5.84 Å². The maximum Gasteiger partial charge on any atom is 0.259 e. The highest BCUT2D eigenvalue weighted by molar-refractivity contribution is 6.05. The van der Waals surface area contributed by atoms with Crippen molar-refractivity contribution in [2.75, 3.05) is 37.5 Å². The molecule has 4 rings (SSSR count). The first-order chi connectivity index (χ1) is 16.2. The van der Waals surface area contributed by atoms with Crippen LogP contribution in [0, 0.1) is 0 Å². The molecule has 1 fully saturated rings. The molecule has 1 saturated heterocycles. The van der Waals surface area contributed by atoms with Crippen molar-refractivity contribution in [1.29, 1.82) is 0 Å². The molecule has 0 spiro atoms. The first-order valence-corrected chi connectivity index (χ1v) is 10.9. The van der Waals surface area contributed by atoms with Crippen LogP contribution < -0.4 is 16.0 Å². The number of aliphatic hydroxyl groups excluding tert-OH is 1. The van der Waals surface area contributed by atoms with Crippen LogP contribution in [0.25, 0.3) is 0 Å². The van der Waals surface area contributed by atoms with E-state index in [1.165, 1.54) is 9.80 Å². The van der Waals surface area contributed by atoms with Crippen LogP contribution in [0.5, 0.6) is 0 Å². The third kappa shape index (κ3) is 4.78. The number of fused-ring (bicyclic) bond motifs is 1. The lowest BCUT2D eigenvalue weighted by Gasteiger charge is -2.34. The predicted octanol–water partition coefficient (Wildman–Crippen LogP) is 0.268. The number of aliphatic hydroxyl groups is 1. The fraction of sp³-hybridized carbons (Fsp3) is 0.333. The molecule has 0 radical (unpaired) electrons. The van der Waals surface area contributed by atoms with Gasteiger partial charge in [0.15, 0.2) is 12.2 Å². The van der Waals surface area contributed by atoms with Crippen LogP contribution in [0.3, 0.4) is 0 Å². The van der Waals surface area contributed by atoms with Crippen molar-refractivity contribution in [3.05, 3.63) is 59.2 Å². The lowest BCUT2D eigenvalue weighted by molar-refractivity contribution is -0.150. The highest BCUT2D eigenvalue weighted by Gasteiger charge is 2.39. The number of aliphatic imine (C=N–C) groups is 1. The number of carbonyl (C=O) groups excluding carboxylic acids is 3. The minimum atomic E-state index is -1.71. The molecule has 2 heterocycles. The van der Waals surface area contributed by atoms with Crippen molar-refractivity contribution in [3.63, 3.8) is 0 Å². The summed E-state index contributed by atoms with van der Waals surface area (Å²) < 4.78 is 5.48. The molecule has 3 amide bonds. The lowest BCUT2D eigenvalue weighted by atomic mass is 10.1. The number of nitrogens with zero attached hydrogens (tertiary/aromatic N) is 3. The molecule has 4 N–H and O–H groups in total. The summed E-state index contributed by atoms with van der Waals surface area (Å²) in [7, 11) is 3.36. The van der Waals surface area contributed by atoms with Gasteiger partial charge in [0.25, 0.3) is 11.8 Å². The Morgan fingerprint density at radius 1 is 1.29 bits per heavy atom. The molecule has 10 nitrogen and oxygen atoms in total. The average Bonchev–Trinajstić information content (AvgIpc) is 3.18. The summed E-state index contributed by atoms with van der Waals surface area (Å²) in [5.74, 6) is -0.891. The molecule has 0 aliphatic carbocycles. The van der Waals surface area contributed by atoms with E-state index in [2.05, 4.69) is 10.3 Å². The number of benzene rings is 2. The number of hydrogen-bond donors (Lipinski definition) is 3. The van der Waals surface area contributed by atoms with Gasteiger partial charge in [0, 0.05) is 37.6 Å². The Hall–Kier alpha value is -3.76. The molecule has 2 aliphatic rings. The minimum absolute atomic E-state index is 0.0590. The second kappa shape index (κ2) is 9.62. The summed E-state index contributed by atoms with van der Waals surface area (Å²) in [6, 6.07) is 12.2. The van der Waals surface area contributed by atoms with Crippen LogP contribution in [0.4, 0.5) is 11.4 Å². The number of hydrogen-bond acceptors (Lipinski definition) is 7. The van der Waals surface area contributed by atoms with Crippen LogP contribution in [-0.2, 0) is 32.1 Å². The largest absolute Gasteiger partial charge is 0.383 e. The number of amides is 3. The summed E-state index contributed by atoms with van der Waals surface area (Å²) in [4.78, 5) is 45.0. The Kier molecular flexibility index (Phi) is 6.62.